The molecule has 1 aromatic heterocycles. The van der Waals surface area contributed by atoms with Crippen LogP contribution in [0.4, 0.5) is 0 Å². The summed E-state index contributed by atoms with van der Waals surface area (Å²) < 4.78 is 5.55. The van der Waals surface area contributed by atoms with Gasteiger partial charge in [-0.1, -0.05) is 6.07 Å². The van der Waals surface area contributed by atoms with Crippen molar-refractivity contribution in [3.63, 3.8) is 0 Å². The Morgan fingerprint density at radius 2 is 2.18 bits per heavy atom. The van der Waals surface area contributed by atoms with Gasteiger partial charge in [-0.15, -0.1) is 0 Å². The van der Waals surface area contributed by atoms with Crippen LogP contribution >= 0.6 is 11.6 Å². The summed E-state index contributed by atoms with van der Waals surface area (Å²) in [5.41, 5.74) is 1.45. The summed E-state index contributed by atoms with van der Waals surface area (Å²) in [6, 6.07) is 8.86. The molecule has 0 aliphatic rings. The van der Waals surface area contributed by atoms with Gasteiger partial charge in [0.25, 0.3) is 0 Å². The third-order valence-electron chi connectivity index (χ3n) is 2.13. The first-order valence-corrected chi connectivity index (χ1v) is 5.24. The third-order valence-corrected chi connectivity index (χ3v) is 2.31. The summed E-state index contributed by atoms with van der Waals surface area (Å²) in [6.07, 6.45) is 1.51. The third kappa shape index (κ3) is 2.71. The summed E-state index contributed by atoms with van der Waals surface area (Å²) >= 11 is 5.65. The number of benzene rings is 1. The molecular weight excluding hydrogens is 238 g/mol. The average Bonchev–Trinajstić information content (AvgIpc) is 2.32. The first-order chi connectivity index (χ1) is 8.19. The number of nitrogens with zero attached hydrogens (tertiary/aromatic N) is 3. The molecule has 5 heteroatoms. The predicted octanol–water partition coefficient (Wildman–Crippen LogP) is 3.10. The van der Waals surface area contributed by atoms with E-state index in [9.17, 15) is 0 Å². The van der Waals surface area contributed by atoms with Gasteiger partial charge < -0.3 is 4.74 Å². The fourth-order valence-electron chi connectivity index (χ4n) is 1.27. The van der Waals surface area contributed by atoms with Crippen LogP contribution in [0.15, 0.2) is 30.5 Å². The molecule has 0 atom stereocenters. The average molecular weight is 246 g/mol. The molecule has 1 heterocycles. The van der Waals surface area contributed by atoms with E-state index in [-0.39, 0.29) is 5.28 Å². The highest BCUT2D eigenvalue weighted by molar-refractivity contribution is 6.28. The molecule has 0 amide bonds. The number of ether oxygens (including phenoxy) is 1. The van der Waals surface area contributed by atoms with Gasteiger partial charge in [-0.2, -0.15) is 10.2 Å². The molecule has 84 valence electrons. The fourth-order valence-corrected chi connectivity index (χ4v) is 1.41. The van der Waals surface area contributed by atoms with Gasteiger partial charge in [0.15, 0.2) is 0 Å². The largest absolute Gasteiger partial charge is 0.439 e. The van der Waals surface area contributed by atoms with Gasteiger partial charge in [-0.3, -0.25) is 0 Å². The van der Waals surface area contributed by atoms with Gasteiger partial charge in [-0.25, -0.2) is 4.98 Å². The van der Waals surface area contributed by atoms with Crippen LogP contribution in [0.25, 0.3) is 0 Å². The Labute approximate surface area is 103 Å². The number of hydrogen-bond acceptors (Lipinski definition) is 4. The lowest BCUT2D eigenvalue weighted by atomic mass is 10.1. The molecule has 0 aliphatic carbocycles. The smallest absolute Gasteiger partial charge is 0.225 e. The Bertz CT molecular complexity index is 593. The highest BCUT2D eigenvalue weighted by Gasteiger charge is 2.04. The fraction of sp³-hybridized carbons (Fsp3) is 0.0833. The summed E-state index contributed by atoms with van der Waals surface area (Å²) in [4.78, 5) is 7.67. The number of aryl methyl sites for hydroxylation is 1. The second kappa shape index (κ2) is 4.81. The summed E-state index contributed by atoms with van der Waals surface area (Å²) in [6.45, 7) is 1.89. The maximum atomic E-state index is 8.81. The Hall–Kier alpha value is -2.12. The normalized spacial score (nSPS) is 9.71. The zero-order valence-corrected chi connectivity index (χ0v) is 9.77. The van der Waals surface area contributed by atoms with E-state index >= 15 is 0 Å². The Balaban J connectivity index is 2.33. The molecule has 2 rings (SSSR count). The molecular formula is C12H8ClN3O. The second-order valence-electron chi connectivity index (χ2n) is 3.36. The Morgan fingerprint density at radius 1 is 1.35 bits per heavy atom. The van der Waals surface area contributed by atoms with Crippen LogP contribution in [0.3, 0.4) is 0 Å². The van der Waals surface area contributed by atoms with E-state index in [4.69, 9.17) is 21.6 Å². The van der Waals surface area contributed by atoms with Crippen LogP contribution in [0.5, 0.6) is 11.6 Å². The summed E-state index contributed by atoms with van der Waals surface area (Å²) in [5.74, 6) is 0.932. The molecule has 0 aliphatic heterocycles. The van der Waals surface area contributed by atoms with Crippen LogP contribution in [0.2, 0.25) is 5.28 Å². The van der Waals surface area contributed by atoms with E-state index in [1.807, 2.05) is 13.0 Å². The highest BCUT2D eigenvalue weighted by Crippen LogP contribution is 2.24. The van der Waals surface area contributed by atoms with Crippen molar-refractivity contribution < 1.29 is 4.74 Å². The zero-order chi connectivity index (χ0) is 12.3. The van der Waals surface area contributed by atoms with Gasteiger partial charge in [0.1, 0.15) is 5.75 Å². The van der Waals surface area contributed by atoms with Crippen LogP contribution in [-0.2, 0) is 0 Å². The predicted molar refractivity (Wildman–Crippen MR) is 63.0 cm³/mol. The zero-order valence-electron chi connectivity index (χ0n) is 9.01. The molecule has 0 radical (unpaired) electrons. The maximum absolute atomic E-state index is 8.81. The minimum atomic E-state index is 0.122. The monoisotopic (exact) mass is 245 g/mol. The summed E-state index contributed by atoms with van der Waals surface area (Å²) in [7, 11) is 0. The quantitative estimate of drug-likeness (QED) is 0.763. The van der Waals surface area contributed by atoms with Crippen LogP contribution in [0, 0.1) is 18.3 Å². The van der Waals surface area contributed by atoms with E-state index in [0.29, 0.717) is 17.2 Å². The molecule has 0 saturated heterocycles. The molecule has 0 unspecified atom stereocenters. The topological polar surface area (TPSA) is 58.8 Å². The van der Waals surface area contributed by atoms with Gasteiger partial charge in [0, 0.05) is 12.3 Å². The molecule has 0 saturated carbocycles. The van der Waals surface area contributed by atoms with Crippen molar-refractivity contribution in [3.8, 4) is 17.7 Å². The molecule has 17 heavy (non-hydrogen) atoms. The van der Waals surface area contributed by atoms with Crippen molar-refractivity contribution in [3.05, 3.63) is 46.9 Å². The van der Waals surface area contributed by atoms with Crippen molar-refractivity contribution >= 4 is 11.6 Å². The maximum Gasteiger partial charge on any atom is 0.225 e. The van der Waals surface area contributed by atoms with E-state index in [1.54, 1.807) is 18.2 Å². The standard InChI is InChI=1S/C12H8ClN3O/c1-8-2-3-9(7-14)6-10(8)17-11-4-5-15-12(13)16-11/h2-6H,1H3. The van der Waals surface area contributed by atoms with E-state index < -0.39 is 0 Å². The van der Waals surface area contributed by atoms with Gasteiger partial charge in [0.05, 0.1) is 11.6 Å². The minimum absolute atomic E-state index is 0.122. The number of aromatic nitrogens is 2. The Kier molecular flexibility index (Phi) is 3.22. The van der Waals surface area contributed by atoms with Crippen LogP contribution in [-0.4, -0.2) is 9.97 Å². The molecule has 0 spiro atoms. The molecule has 0 bridgehead atoms. The van der Waals surface area contributed by atoms with Crippen molar-refractivity contribution in [1.82, 2.24) is 9.97 Å². The van der Waals surface area contributed by atoms with Gasteiger partial charge >= 0.3 is 0 Å². The van der Waals surface area contributed by atoms with Gasteiger partial charge in [-0.05, 0) is 36.2 Å². The number of rotatable bonds is 2. The minimum Gasteiger partial charge on any atom is -0.439 e. The van der Waals surface area contributed by atoms with Crippen molar-refractivity contribution in [1.29, 1.82) is 5.26 Å². The first kappa shape index (κ1) is 11.4. The Morgan fingerprint density at radius 3 is 2.88 bits per heavy atom. The van der Waals surface area contributed by atoms with Crippen molar-refractivity contribution in [2.45, 2.75) is 6.92 Å². The lowest BCUT2D eigenvalue weighted by Crippen LogP contribution is -1.92. The van der Waals surface area contributed by atoms with Crippen molar-refractivity contribution in [2.75, 3.05) is 0 Å². The SMILES string of the molecule is Cc1ccc(C#N)cc1Oc1ccnc(Cl)n1. The number of halogens is 1. The summed E-state index contributed by atoms with van der Waals surface area (Å²) in [5, 5.41) is 8.93. The van der Waals surface area contributed by atoms with Crippen LogP contribution in [0.1, 0.15) is 11.1 Å². The van der Waals surface area contributed by atoms with E-state index in [2.05, 4.69) is 16.0 Å². The van der Waals surface area contributed by atoms with E-state index in [0.717, 1.165) is 5.56 Å². The number of hydrogen-bond donors (Lipinski definition) is 0. The molecule has 2 aromatic rings. The van der Waals surface area contributed by atoms with E-state index in [1.165, 1.54) is 6.20 Å². The van der Waals surface area contributed by atoms with Crippen molar-refractivity contribution in [2.24, 2.45) is 0 Å². The second-order valence-corrected chi connectivity index (χ2v) is 3.70. The first-order valence-electron chi connectivity index (χ1n) is 4.86. The number of nitriles is 1. The molecule has 0 fully saturated rings. The van der Waals surface area contributed by atoms with Gasteiger partial charge in [0.2, 0.25) is 11.2 Å². The molecule has 4 nitrogen and oxygen atoms in total. The highest BCUT2D eigenvalue weighted by atomic mass is 35.5. The lowest BCUT2D eigenvalue weighted by molar-refractivity contribution is 0.458. The molecule has 0 N–H and O–H groups in total. The van der Waals surface area contributed by atoms with Crippen LogP contribution < -0.4 is 4.74 Å². The lowest BCUT2D eigenvalue weighted by Gasteiger charge is -2.07. The molecule has 1 aromatic carbocycles.